The van der Waals surface area contributed by atoms with Crippen LogP contribution in [-0.2, 0) is 19.1 Å². The Morgan fingerprint density at radius 2 is 1.96 bits per heavy atom. The van der Waals surface area contributed by atoms with Crippen LogP contribution < -0.4 is 0 Å². The first-order valence-electron chi connectivity index (χ1n) is 8.69. The van der Waals surface area contributed by atoms with Gasteiger partial charge in [-0.15, -0.1) is 10.2 Å². The maximum absolute atomic E-state index is 13.0. The number of fused-ring (bicyclic) bond motifs is 1. The molecule has 0 radical (unpaired) electrons. The van der Waals surface area contributed by atoms with E-state index in [1.807, 2.05) is 0 Å². The number of rotatable bonds is 5. The average Bonchev–Trinajstić information content (AvgIpc) is 3.32. The Kier molecular flexibility index (Phi) is 4.54. The summed E-state index contributed by atoms with van der Waals surface area (Å²) in [6.45, 7) is 2.39. The lowest BCUT2D eigenvalue weighted by molar-refractivity contribution is -0.141. The van der Waals surface area contributed by atoms with E-state index in [1.165, 1.54) is 18.3 Å². The molecule has 0 amide bonds. The van der Waals surface area contributed by atoms with Crippen molar-refractivity contribution < 1.29 is 13.2 Å². The number of alkyl halides is 3. The third-order valence-corrected chi connectivity index (χ3v) is 4.33. The van der Waals surface area contributed by atoms with E-state index >= 15 is 0 Å². The summed E-state index contributed by atoms with van der Waals surface area (Å²) in [5.41, 5.74) is 1.66. The average molecular weight is 387 g/mol. The van der Waals surface area contributed by atoms with Crippen molar-refractivity contribution in [2.45, 2.75) is 32.5 Å². The van der Waals surface area contributed by atoms with Crippen molar-refractivity contribution in [3.05, 3.63) is 60.2 Å². The molecule has 28 heavy (non-hydrogen) atoms. The van der Waals surface area contributed by atoms with Gasteiger partial charge in [-0.25, -0.2) is 15.0 Å². The highest BCUT2D eigenvalue weighted by Gasteiger charge is 2.32. The molecule has 4 aromatic rings. The molecule has 4 aromatic heterocycles. The van der Waals surface area contributed by atoms with E-state index in [-0.39, 0.29) is 5.69 Å². The highest BCUT2D eigenvalue weighted by atomic mass is 19.4. The van der Waals surface area contributed by atoms with Crippen LogP contribution in [0.4, 0.5) is 13.2 Å². The first-order chi connectivity index (χ1) is 13.5. The van der Waals surface area contributed by atoms with Crippen molar-refractivity contribution in [1.82, 2.24) is 34.1 Å². The first-order valence-corrected chi connectivity index (χ1v) is 8.69. The van der Waals surface area contributed by atoms with Crippen molar-refractivity contribution >= 4 is 5.65 Å². The lowest BCUT2D eigenvalue weighted by Crippen LogP contribution is -2.11. The summed E-state index contributed by atoms with van der Waals surface area (Å²) >= 11 is 0. The minimum Gasteiger partial charge on any atom is -0.324 e. The first kappa shape index (κ1) is 18.1. The maximum Gasteiger partial charge on any atom is 0.433 e. The third kappa shape index (κ3) is 3.32. The smallest absolute Gasteiger partial charge is 0.324 e. The van der Waals surface area contributed by atoms with Crippen LogP contribution in [0.5, 0.6) is 0 Å². The van der Waals surface area contributed by atoms with Crippen molar-refractivity contribution in [3.63, 3.8) is 0 Å². The molecule has 4 heterocycles. The Labute approximate surface area is 157 Å². The number of nitrogens with zero attached hydrogens (tertiary/aromatic N) is 7. The minimum absolute atomic E-state index is 0.153. The second-order valence-electron chi connectivity index (χ2n) is 6.27. The van der Waals surface area contributed by atoms with Crippen LogP contribution in [0, 0.1) is 0 Å². The molecular weight excluding hydrogens is 371 g/mol. The molecule has 0 aromatic carbocycles. The van der Waals surface area contributed by atoms with Gasteiger partial charge in [-0.3, -0.25) is 4.40 Å². The number of hydrogen-bond donors (Lipinski definition) is 0. The second kappa shape index (κ2) is 7.02. The van der Waals surface area contributed by atoms with Gasteiger partial charge in [0, 0.05) is 18.0 Å². The van der Waals surface area contributed by atoms with Crippen molar-refractivity contribution in [1.29, 1.82) is 0 Å². The summed E-state index contributed by atoms with van der Waals surface area (Å²) in [7, 11) is 0. The summed E-state index contributed by atoms with van der Waals surface area (Å²) in [5.74, 6) is 0.344. The summed E-state index contributed by atoms with van der Waals surface area (Å²) in [4.78, 5) is 12.4. The zero-order chi connectivity index (χ0) is 19.7. The topological polar surface area (TPSA) is 73.8 Å². The van der Waals surface area contributed by atoms with E-state index in [9.17, 15) is 13.2 Å². The van der Waals surface area contributed by atoms with E-state index in [2.05, 4.69) is 32.1 Å². The fourth-order valence-electron chi connectivity index (χ4n) is 3.07. The lowest BCUT2D eigenvalue weighted by atomic mass is 10.1. The van der Waals surface area contributed by atoms with Crippen molar-refractivity contribution in [2.24, 2.45) is 0 Å². The number of aromatic nitrogens is 7. The summed E-state index contributed by atoms with van der Waals surface area (Å²) in [6.07, 6.45) is 3.59. The molecule has 0 N–H and O–H groups in total. The molecule has 0 aliphatic carbocycles. The SMILES string of the molecule is CCCc1c(Cn2ccnc2-c2cccc(C(F)(F)F)n2)ncn2cnnc12. The van der Waals surface area contributed by atoms with Gasteiger partial charge < -0.3 is 4.57 Å². The van der Waals surface area contributed by atoms with Gasteiger partial charge in [0.1, 0.15) is 24.0 Å². The monoisotopic (exact) mass is 387 g/mol. The molecule has 144 valence electrons. The maximum atomic E-state index is 13.0. The molecule has 0 bridgehead atoms. The van der Waals surface area contributed by atoms with Gasteiger partial charge in [-0.2, -0.15) is 13.2 Å². The third-order valence-electron chi connectivity index (χ3n) is 4.33. The van der Waals surface area contributed by atoms with Gasteiger partial charge in [0.25, 0.3) is 0 Å². The van der Waals surface area contributed by atoms with E-state index in [1.54, 1.807) is 27.8 Å². The molecule has 0 saturated carbocycles. The highest BCUT2D eigenvalue weighted by molar-refractivity contribution is 5.52. The van der Waals surface area contributed by atoms with Gasteiger partial charge in [0.2, 0.25) is 0 Å². The van der Waals surface area contributed by atoms with E-state index in [0.29, 0.717) is 12.4 Å². The van der Waals surface area contributed by atoms with E-state index < -0.39 is 11.9 Å². The quantitative estimate of drug-likeness (QED) is 0.525. The van der Waals surface area contributed by atoms with Crippen LogP contribution in [0.25, 0.3) is 17.2 Å². The Balaban J connectivity index is 1.73. The number of imidazole rings is 1. The van der Waals surface area contributed by atoms with E-state index in [0.717, 1.165) is 35.8 Å². The molecule has 7 nitrogen and oxygen atoms in total. The standard InChI is InChI=1S/C18H16F3N7/c1-2-4-12-14(23-10-28-11-24-26-16(12)28)9-27-8-7-22-17(27)13-5-3-6-15(25-13)18(19,20)21/h3,5-8,10-11H,2,4,9H2,1H3. The van der Waals surface area contributed by atoms with Gasteiger partial charge in [-0.05, 0) is 18.6 Å². The Morgan fingerprint density at radius 1 is 1.11 bits per heavy atom. The van der Waals surface area contributed by atoms with Crippen molar-refractivity contribution in [3.8, 4) is 11.5 Å². The molecule has 0 fully saturated rings. The van der Waals surface area contributed by atoms with Crippen LogP contribution in [0.2, 0.25) is 0 Å². The van der Waals surface area contributed by atoms with Gasteiger partial charge in [0.05, 0.1) is 12.2 Å². The summed E-state index contributed by atoms with van der Waals surface area (Å²) in [6, 6.07) is 3.78. The fourth-order valence-corrected chi connectivity index (χ4v) is 3.07. The van der Waals surface area contributed by atoms with Crippen LogP contribution in [-0.4, -0.2) is 34.1 Å². The largest absolute Gasteiger partial charge is 0.433 e. The zero-order valence-electron chi connectivity index (χ0n) is 14.9. The van der Waals surface area contributed by atoms with Crippen LogP contribution >= 0.6 is 0 Å². The van der Waals surface area contributed by atoms with Gasteiger partial charge in [0.15, 0.2) is 11.5 Å². The predicted octanol–water partition coefficient (Wildman–Crippen LogP) is 3.40. The molecule has 0 aliphatic heterocycles. The molecule has 0 atom stereocenters. The lowest BCUT2D eigenvalue weighted by Gasteiger charge is -2.12. The molecule has 10 heteroatoms. The van der Waals surface area contributed by atoms with Crippen molar-refractivity contribution in [2.75, 3.05) is 0 Å². The highest BCUT2D eigenvalue weighted by Crippen LogP contribution is 2.29. The van der Waals surface area contributed by atoms with Crippen LogP contribution in [0.3, 0.4) is 0 Å². The summed E-state index contributed by atoms with van der Waals surface area (Å²) < 4.78 is 42.5. The van der Waals surface area contributed by atoms with Gasteiger partial charge in [-0.1, -0.05) is 19.4 Å². The number of aryl methyl sites for hydroxylation is 1. The van der Waals surface area contributed by atoms with Crippen LogP contribution in [0.15, 0.2) is 43.2 Å². The van der Waals surface area contributed by atoms with Gasteiger partial charge >= 0.3 is 6.18 Å². The second-order valence-corrected chi connectivity index (χ2v) is 6.27. The number of pyridine rings is 1. The number of halogens is 3. The van der Waals surface area contributed by atoms with E-state index in [4.69, 9.17) is 0 Å². The molecule has 0 spiro atoms. The molecule has 4 rings (SSSR count). The Hall–Kier alpha value is -3.30. The zero-order valence-corrected chi connectivity index (χ0v) is 14.9. The molecule has 0 saturated heterocycles. The number of hydrogen-bond acceptors (Lipinski definition) is 5. The molecular formula is C18H16F3N7. The Bertz CT molecular complexity index is 1110. The molecule has 0 unspecified atom stereocenters. The predicted molar refractivity (Wildman–Crippen MR) is 94.3 cm³/mol. The normalized spacial score (nSPS) is 12.0. The molecule has 0 aliphatic rings. The summed E-state index contributed by atoms with van der Waals surface area (Å²) in [5, 5.41) is 8.07. The fraction of sp³-hybridized carbons (Fsp3) is 0.278. The Morgan fingerprint density at radius 3 is 2.75 bits per heavy atom. The minimum atomic E-state index is -4.51. The van der Waals surface area contributed by atoms with Crippen LogP contribution in [0.1, 0.15) is 30.3 Å².